The molecule has 5 heteroatoms. The van der Waals surface area contributed by atoms with Gasteiger partial charge in [-0.15, -0.1) is 11.8 Å². The van der Waals surface area contributed by atoms with Crippen molar-refractivity contribution in [3.63, 3.8) is 0 Å². The predicted octanol–water partition coefficient (Wildman–Crippen LogP) is 3.15. The van der Waals surface area contributed by atoms with Crippen LogP contribution in [0.15, 0.2) is 23.1 Å². The summed E-state index contributed by atoms with van der Waals surface area (Å²) in [6, 6.07) is 6.08. The summed E-state index contributed by atoms with van der Waals surface area (Å²) in [4.78, 5) is 12.9. The number of aliphatic hydroxyl groups excluding tert-OH is 1. The highest BCUT2D eigenvalue weighted by molar-refractivity contribution is 8.00. The van der Waals surface area contributed by atoms with Crippen molar-refractivity contribution in [2.45, 2.75) is 42.9 Å². The summed E-state index contributed by atoms with van der Waals surface area (Å²) in [5, 5.41) is 20.3. The lowest BCUT2D eigenvalue weighted by atomic mass is 10.1. The Bertz CT molecular complexity index is 692. The molecule has 1 aliphatic rings. The summed E-state index contributed by atoms with van der Waals surface area (Å²) in [6.07, 6.45) is 2.15. The number of carbonyl (C=O) groups is 1. The smallest absolute Gasteiger partial charge is 0.352 e. The molecule has 3 rings (SSSR count). The van der Waals surface area contributed by atoms with Gasteiger partial charge in [0.15, 0.2) is 0 Å². The molecule has 0 fully saturated rings. The summed E-state index contributed by atoms with van der Waals surface area (Å²) < 4.78 is 1.97. The van der Waals surface area contributed by atoms with E-state index in [-0.39, 0.29) is 6.61 Å². The lowest BCUT2D eigenvalue weighted by Crippen LogP contribution is -2.12. The summed E-state index contributed by atoms with van der Waals surface area (Å²) in [6.45, 7) is 3.00. The van der Waals surface area contributed by atoms with E-state index < -0.39 is 5.97 Å². The molecule has 1 atom stereocenters. The molecular weight excluding hydrogens is 286 g/mol. The first-order chi connectivity index (χ1) is 10.1. The van der Waals surface area contributed by atoms with Crippen molar-refractivity contribution >= 4 is 28.6 Å². The molecule has 2 heterocycles. The number of carboxylic acid groups (broad SMARTS) is 1. The highest BCUT2D eigenvalue weighted by Crippen LogP contribution is 2.39. The molecule has 4 nitrogen and oxygen atoms in total. The van der Waals surface area contributed by atoms with E-state index in [1.165, 1.54) is 0 Å². The molecule has 0 saturated carbocycles. The van der Waals surface area contributed by atoms with Gasteiger partial charge < -0.3 is 14.8 Å². The van der Waals surface area contributed by atoms with E-state index in [2.05, 4.69) is 13.0 Å². The van der Waals surface area contributed by atoms with Gasteiger partial charge in [-0.05, 0) is 30.9 Å². The topological polar surface area (TPSA) is 62.5 Å². The predicted molar refractivity (Wildman–Crippen MR) is 84.2 cm³/mol. The first kappa shape index (κ1) is 14.5. The minimum Gasteiger partial charge on any atom is -0.477 e. The monoisotopic (exact) mass is 305 g/mol. The Labute approximate surface area is 127 Å². The second-order valence-electron chi connectivity index (χ2n) is 5.48. The number of aryl methyl sites for hydroxylation is 2. The average Bonchev–Trinajstić information content (AvgIpc) is 2.67. The number of carboxylic acids is 1. The van der Waals surface area contributed by atoms with Crippen LogP contribution in [0.5, 0.6) is 0 Å². The first-order valence-electron chi connectivity index (χ1n) is 7.28. The normalized spacial score (nSPS) is 17.9. The van der Waals surface area contributed by atoms with Gasteiger partial charge in [-0.25, -0.2) is 4.79 Å². The lowest BCUT2D eigenvalue weighted by molar-refractivity contribution is 0.0684. The van der Waals surface area contributed by atoms with E-state index in [1.807, 2.05) is 28.5 Å². The number of hydrogen-bond donors (Lipinski definition) is 2. The van der Waals surface area contributed by atoms with Gasteiger partial charge in [0.1, 0.15) is 5.69 Å². The second kappa shape index (κ2) is 5.73. The van der Waals surface area contributed by atoms with Crippen LogP contribution in [0.2, 0.25) is 0 Å². The molecule has 0 amide bonds. The Balaban J connectivity index is 2.28. The molecule has 112 valence electrons. The Morgan fingerprint density at radius 3 is 3.00 bits per heavy atom. The van der Waals surface area contributed by atoms with Crippen LogP contribution >= 0.6 is 11.8 Å². The van der Waals surface area contributed by atoms with E-state index in [1.54, 1.807) is 0 Å². The van der Waals surface area contributed by atoms with Gasteiger partial charge in [-0.3, -0.25) is 0 Å². The number of para-hydroxylation sites is 1. The van der Waals surface area contributed by atoms with Crippen molar-refractivity contribution in [2.75, 3.05) is 6.61 Å². The van der Waals surface area contributed by atoms with E-state index in [4.69, 9.17) is 5.11 Å². The zero-order valence-electron chi connectivity index (χ0n) is 12.0. The van der Waals surface area contributed by atoms with Crippen molar-refractivity contribution in [2.24, 2.45) is 0 Å². The number of hydrogen-bond acceptors (Lipinski definition) is 3. The van der Waals surface area contributed by atoms with Gasteiger partial charge in [0.25, 0.3) is 0 Å². The molecule has 0 spiro atoms. The third-order valence-electron chi connectivity index (χ3n) is 4.02. The quantitative estimate of drug-likeness (QED) is 0.911. The summed E-state index contributed by atoms with van der Waals surface area (Å²) in [5.74, 6) is -0.871. The van der Waals surface area contributed by atoms with E-state index in [0.29, 0.717) is 23.8 Å². The van der Waals surface area contributed by atoms with Gasteiger partial charge in [0, 0.05) is 28.7 Å². The van der Waals surface area contributed by atoms with E-state index >= 15 is 0 Å². The van der Waals surface area contributed by atoms with Gasteiger partial charge in [-0.1, -0.05) is 19.1 Å². The number of aromatic carboxylic acids is 1. The summed E-state index contributed by atoms with van der Waals surface area (Å²) in [7, 11) is 0. The number of benzene rings is 1. The fourth-order valence-corrected chi connectivity index (χ4v) is 4.25. The SMILES string of the molecule is CC1CCn2c(C(=O)O)c(CCCO)c3cccc(c32)S1. The minimum absolute atomic E-state index is 0.0806. The molecule has 0 saturated heterocycles. The number of thioether (sulfide) groups is 1. The fourth-order valence-electron chi connectivity index (χ4n) is 3.11. The first-order valence-corrected chi connectivity index (χ1v) is 8.16. The number of rotatable bonds is 4. The molecule has 2 N–H and O–H groups in total. The minimum atomic E-state index is -0.871. The molecule has 1 aliphatic heterocycles. The van der Waals surface area contributed by atoms with Crippen molar-refractivity contribution in [1.29, 1.82) is 0 Å². The van der Waals surface area contributed by atoms with Crippen molar-refractivity contribution in [1.82, 2.24) is 4.57 Å². The molecule has 0 bridgehead atoms. The van der Waals surface area contributed by atoms with Crippen LogP contribution in [0.25, 0.3) is 10.9 Å². The van der Waals surface area contributed by atoms with Gasteiger partial charge in [-0.2, -0.15) is 0 Å². The Hall–Kier alpha value is -1.46. The molecule has 1 unspecified atom stereocenters. The van der Waals surface area contributed by atoms with Crippen molar-refractivity contribution < 1.29 is 15.0 Å². The Morgan fingerprint density at radius 2 is 2.29 bits per heavy atom. The zero-order valence-corrected chi connectivity index (χ0v) is 12.8. The highest BCUT2D eigenvalue weighted by Gasteiger charge is 2.26. The molecule has 21 heavy (non-hydrogen) atoms. The van der Waals surface area contributed by atoms with Gasteiger partial charge >= 0.3 is 5.97 Å². The van der Waals surface area contributed by atoms with E-state index in [0.717, 1.165) is 34.3 Å². The van der Waals surface area contributed by atoms with Crippen LogP contribution in [0.1, 0.15) is 35.8 Å². The largest absolute Gasteiger partial charge is 0.477 e. The number of aromatic nitrogens is 1. The van der Waals surface area contributed by atoms with E-state index in [9.17, 15) is 9.90 Å². The zero-order chi connectivity index (χ0) is 15.0. The summed E-state index contributed by atoms with van der Waals surface area (Å²) in [5.41, 5.74) is 2.32. The fraction of sp³-hybridized carbons (Fsp3) is 0.438. The Kier molecular flexibility index (Phi) is 3.95. The molecule has 0 radical (unpaired) electrons. The van der Waals surface area contributed by atoms with Crippen LogP contribution in [-0.4, -0.2) is 32.6 Å². The van der Waals surface area contributed by atoms with Gasteiger partial charge in [0.05, 0.1) is 5.52 Å². The maximum absolute atomic E-state index is 11.8. The van der Waals surface area contributed by atoms with Crippen molar-refractivity contribution in [3.05, 3.63) is 29.5 Å². The lowest BCUT2D eigenvalue weighted by Gasteiger charge is -2.09. The molecule has 1 aromatic carbocycles. The highest BCUT2D eigenvalue weighted by atomic mass is 32.2. The average molecular weight is 305 g/mol. The Morgan fingerprint density at radius 1 is 1.48 bits per heavy atom. The van der Waals surface area contributed by atoms with Crippen LogP contribution in [-0.2, 0) is 13.0 Å². The number of nitrogens with zero attached hydrogens (tertiary/aromatic N) is 1. The van der Waals surface area contributed by atoms with Crippen LogP contribution < -0.4 is 0 Å². The maximum Gasteiger partial charge on any atom is 0.352 e. The third kappa shape index (κ3) is 2.45. The van der Waals surface area contributed by atoms with Crippen LogP contribution in [0.4, 0.5) is 0 Å². The second-order valence-corrected chi connectivity index (χ2v) is 6.96. The molecule has 2 aromatic rings. The van der Waals surface area contributed by atoms with Crippen molar-refractivity contribution in [3.8, 4) is 0 Å². The van der Waals surface area contributed by atoms with Crippen LogP contribution in [0.3, 0.4) is 0 Å². The van der Waals surface area contributed by atoms with Gasteiger partial charge in [0.2, 0.25) is 0 Å². The molecule has 0 aliphatic carbocycles. The summed E-state index contributed by atoms with van der Waals surface area (Å²) >= 11 is 1.82. The standard InChI is InChI=1S/C16H19NO3S/c1-10-7-8-17-14-11(4-2-6-13(14)21-10)12(5-3-9-18)15(17)16(19)20/h2,4,6,10,18H,3,5,7-9H2,1H3,(H,19,20). The molecule has 1 aromatic heterocycles. The maximum atomic E-state index is 11.8. The molecular formula is C16H19NO3S. The number of aliphatic hydroxyl groups is 1. The third-order valence-corrected chi connectivity index (χ3v) is 5.25. The van der Waals surface area contributed by atoms with Crippen LogP contribution in [0, 0.1) is 0 Å².